The van der Waals surface area contributed by atoms with Crippen molar-refractivity contribution in [2.75, 3.05) is 26.8 Å². The molecule has 1 heterocycles. The fraction of sp³-hybridized carbons (Fsp3) is 0.500. The third kappa shape index (κ3) is 3.23. The summed E-state index contributed by atoms with van der Waals surface area (Å²) in [4.78, 5) is 13.7. The molecule has 1 unspecified atom stereocenters. The Labute approximate surface area is 107 Å². The van der Waals surface area contributed by atoms with E-state index in [9.17, 15) is 4.79 Å². The minimum atomic E-state index is -0.132. The van der Waals surface area contributed by atoms with Crippen LogP contribution in [0.5, 0.6) is 5.75 Å². The summed E-state index contributed by atoms with van der Waals surface area (Å²) in [6.45, 7) is 2.30. The standard InChI is InChI=1S/C14H19NO3/c1-17-14(16)13-8-5-9-15(13)10-11-18-12-6-3-2-4-7-12/h2-4,6-7,13H,5,8-11H2,1H3. The predicted molar refractivity (Wildman–Crippen MR) is 68.5 cm³/mol. The summed E-state index contributed by atoms with van der Waals surface area (Å²) in [7, 11) is 1.44. The van der Waals surface area contributed by atoms with Gasteiger partial charge in [0.15, 0.2) is 0 Å². The summed E-state index contributed by atoms with van der Waals surface area (Å²) < 4.78 is 10.4. The van der Waals surface area contributed by atoms with E-state index < -0.39 is 0 Å². The molecule has 1 aromatic rings. The second kappa shape index (κ2) is 6.40. The zero-order valence-electron chi connectivity index (χ0n) is 10.7. The molecule has 1 fully saturated rings. The van der Waals surface area contributed by atoms with Gasteiger partial charge in [0.05, 0.1) is 7.11 Å². The van der Waals surface area contributed by atoms with Crippen molar-refractivity contribution in [3.05, 3.63) is 30.3 Å². The molecule has 1 aliphatic heterocycles. The quantitative estimate of drug-likeness (QED) is 0.745. The SMILES string of the molecule is COC(=O)C1CCCN1CCOc1ccccc1. The van der Waals surface area contributed by atoms with Crippen LogP contribution in [0.25, 0.3) is 0 Å². The number of benzene rings is 1. The number of ether oxygens (including phenoxy) is 2. The summed E-state index contributed by atoms with van der Waals surface area (Å²) in [6.07, 6.45) is 1.93. The highest BCUT2D eigenvalue weighted by atomic mass is 16.5. The number of para-hydroxylation sites is 1. The first-order valence-corrected chi connectivity index (χ1v) is 6.31. The number of hydrogen-bond donors (Lipinski definition) is 0. The average molecular weight is 249 g/mol. The molecule has 1 aromatic carbocycles. The van der Waals surface area contributed by atoms with Gasteiger partial charge in [0.2, 0.25) is 0 Å². The van der Waals surface area contributed by atoms with Gasteiger partial charge in [-0.05, 0) is 31.5 Å². The van der Waals surface area contributed by atoms with Crippen LogP contribution in [0, 0.1) is 0 Å². The van der Waals surface area contributed by atoms with Gasteiger partial charge in [-0.3, -0.25) is 9.69 Å². The van der Waals surface area contributed by atoms with E-state index in [0.717, 1.165) is 31.7 Å². The number of carbonyl (C=O) groups is 1. The number of hydrogen-bond acceptors (Lipinski definition) is 4. The predicted octanol–water partition coefficient (Wildman–Crippen LogP) is 1.70. The van der Waals surface area contributed by atoms with Gasteiger partial charge in [-0.1, -0.05) is 18.2 Å². The molecule has 1 saturated heterocycles. The Morgan fingerprint density at radius 3 is 2.89 bits per heavy atom. The van der Waals surface area contributed by atoms with Crippen molar-refractivity contribution in [3.8, 4) is 5.75 Å². The number of methoxy groups -OCH3 is 1. The van der Waals surface area contributed by atoms with E-state index in [1.807, 2.05) is 30.3 Å². The fourth-order valence-electron chi connectivity index (χ4n) is 2.29. The highest BCUT2D eigenvalue weighted by molar-refractivity contribution is 5.75. The van der Waals surface area contributed by atoms with Crippen LogP contribution in [0.3, 0.4) is 0 Å². The zero-order chi connectivity index (χ0) is 12.8. The molecule has 0 saturated carbocycles. The highest BCUT2D eigenvalue weighted by Gasteiger charge is 2.30. The Hall–Kier alpha value is -1.55. The molecular weight excluding hydrogens is 230 g/mol. The van der Waals surface area contributed by atoms with Crippen LogP contribution in [0.15, 0.2) is 30.3 Å². The molecular formula is C14H19NO3. The lowest BCUT2D eigenvalue weighted by atomic mass is 10.2. The maximum atomic E-state index is 11.6. The molecule has 4 nitrogen and oxygen atoms in total. The number of nitrogens with zero attached hydrogens (tertiary/aromatic N) is 1. The van der Waals surface area contributed by atoms with E-state index in [1.165, 1.54) is 7.11 Å². The molecule has 0 amide bonds. The lowest BCUT2D eigenvalue weighted by Crippen LogP contribution is -2.39. The van der Waals surface area contributed by atoms with E-state index >= 15 is 0 Å². The van der Waals surface area contributed by atoms with Crippen LogP contribution in [0.4, 0.5) is 0 Å². The average Bonchev–Trinajstić information content (AvgIpc) is 2.87. The monoisotopic (exact) mass is 249 g/mol. The van der Waals surface area contributed by atoms with Gasteiger partial charge >= 0.3 is 5.97 Å². The van der Waals surface area contributed by atoms with Gasteiger partial charge in [-0.25, -0.2) is 0 Å². The molecule has 1 aliphatic rings. The van der Waals surface area contributed by atoms with Crippen molar-refractivity contribution in [1.29, 1.82) is 0 Å². The van der Waals surface area contributed by atoms with Crippen molar-refractivity contribution >= 4 is 5.97 Å². The van der Waals surface area contributed by atoms with E-state index in [0.29, 0.717) is 6.61 Å². The maximum absolute atomic E-state index is 11.6. The topological polar surface area (TPSA) is 38.8 Å². The molecule has 0 N–H and O–H groups in total. The van der Waals surface area contributed by atoms with E-state index in [-0.39, 0.29) is 12.0 Å². The van der Waals surface area contributed by atoms with Crippen molar-refractivity contribution in [3.63, 3.8) is 0 Å². The Morgan fingerprint density at radius 2 is 2.17 bits per heavy atom. The summed E-state index contributed by atoms with van der Waals surface area (Å²) in [5.74, 6) is 0.735. The second-order valence-corrected chi connectivity index (χ2v) is 4.38. The van der Waals surface area contributed by atoms with Gasteiger partial charge in [-0.15, -0.1) is 0 Å². The minimum absolute atomic E-state index is 0.0885. The lowest BCUT2D eigenvalue weighted by Gasteiger charge is -2.22. The lowest BCUT2D eigenvalue weighted by molar-refractivity contribution is -0.145. The van der Waals surface area contributed by atoms with Gasteiger partial charge in [-0.2, -0.15) is 0 Å². The second-order valence-electron chi connectivity index (χ2n) is 4.38. The molecule has 0 aliphatic carbocycles. The number of esters is 1. The smallest absolute Gasteiger partial charge is 0.323 e. The highest BCUT2D eigenvalue weighted by Crippen LogP contribution is 2.18. The van der Waals surface area contributed by atoms with Crippen LogP contribution in [0.2, 0.25) is 0 Å². The van der Waals surface area contributed by atoms with Crippen LogP contribution < -0.4 is 4.74 Å². The van der Waals surface area contributed by atoms with E-state index in [4.69, 9.17) is 9.47 Å². The summed E-state index contributed by atoms with van der Waals surface area (Å²) in [5.41, 5.74) is 0. The summed E-state index contributed by atoms with van der Waals surface area (Å²) >= 11 is 0. The molecule has 1 atom stereocenters. The van der Waals surface area contributed by atoms with Crippen LogP contribution in [-0.2, 0) is 9.53 Å². The molecule has 0 bridgehead atoms. The van der Waals surface area contributed by atoms with Crippen LogP contribution >= 0.6 is 0 Å². The summed E-state index contributed by atoms with van der Waals surface area (Å²) in [6, 6.07) is 9.63. The number of rotatable bonds is 5. The first kappa shape index (κ1) is 12.9. The largest absolute Gasteiger partial charge is 0.492 e. The normalized spacial score (nSPS) is 19.7. The Kier molecular flexibility index (Phi) is 4.59. The summed E-state index contributed by atoms with van der Waals surface area (Å²) in [5, 5.41) is 0. The molecule has 2 rings (SSSR count). The Bertz CT molecular complexity index is 380. The third-order valence-electron chi connectivity index (χ3n) is 3.23. The molecule has 4 heteroatoms. The molecule has 0 spiro atoms. The zero-order valence-corrected chi connectivity index (χ0v) is 10.7. The fourth-order valence-corrected chi connectivity index (χ4v) is 2.29. The van der Waals surface area contributed by atoms with Crippen molar-refractivity contribution in [1.82, 2.24) is 4.90 Å². The number of likely N-dealkylation sites (tertiary alicyclic amines) is 1. The third-order valence-corrected chi connectivity index (χ3v) is 3.23. The molecule has 0 radical (unpaired) electrons. The molecule has 18 heavy (non-hydrogen) atoms. The van der Waals surface area contributed by atoms with Crippen molar-refractivity contribution in [2.24, 2.45) is 0 Å². The van der Waals surface area contributed by atoms with Crippen molar-refractivity contribution in [2.45, 2.75) is 18.9 Å². The van der Waals surface area contributed by atoms with Gasteiger partial charge in [0, 0.05) is 6.54 Å². The Morgan fingerprint density at radius 1 is 1.39 bits per heavy atom. The number of carbonyl (C=O) groups excluding carboxylic acids is 1. The van der Waals surface area contributed by atoms with Gasteiger partial charge < -0.3 is 9.47 Å². The minimum Gasteiger partial charge on any atom is -0.492 e. The molecule has 0 aromatic heterocycles. The van der Waals surface area contributed by atoms with Crippen LogP contribution in [-0.4, -0.2) is 43.7 Å². The van der Waals surface area contributed by atoms with Gasteiger partial charge in [0.25, 0.3) is 0 Å². The van der Waals surface area contributed by atoms with Crippen molar-refractivity contribution < 1.29 is 14.3 Å². The van der Waals surface area contributed by atoms with Crippen LogP contribution in [0.1, 0.15) is 12.8 Å². The molecule has 98 valence electrons. The van der Waals surface area contributed by atoms with Gasteiger partial charge in [0.1, 0.15) is 18.4 Å². The van der Waals surface area contributed by atoms with E-state index in [2.05, 4.69) is 4.90 Å². The Balaban J connectivity index is 1.78. The first-order valence-electron chi connectivity index (χ1n) is 6.31. The first-order chi connectivity index (χ1) is 8.81. The van der Waals surface area contributed by atoms with E-state index in [1.54, 1.807) is 0 Å². The maximum Gasteiger partial charge on any atom is 0.323 e.